The van der Waals surface area contributed by atoms with Crippen LogP contribution < -0.4 is 16.2 Å². The molecule has 0 bridgehead atoms. The van der Waals surface area contributed by atoms with Crippen molar-refractivity contribution in [1.29, 1.82) is 0 Å². The van der Waals surface area contributed by atoms with Crippen LogP contribution in [-0.2, 0) is 18.4 Å². The normalized spacial score (nSPS) is 10.8. The molecule has 140 valence electrons. The molecule has 0 spiro atoms. The highest BCUT2D eigenvalue weighted by Crippen LogP contribution is 2.13. The minimum absolute atomic E-state index is 0.0382. The summed E-state index contributed by atoms with van der Waals surface area (Å²) < 4.78 is 16.1. The van der Waals surface area contributed by atoms with E-state index in [1.807, 2.05) is 30.3 Å². The summed E-state index contributed by atoms with van der Waals surface area (Å²) in [6.07, 6.45) is 0. The van der Waals surface area contributed by atoms with Gasteiger partial charge >= 0.3 is 0 Å². The number of hydrogen-bond acceptors (Lipinski definition) is 3. The fraction of sp³-hybridized carbons (Fsp3) is 0.200. The van der Waals surface area contributed by atoms with E-state index in [2.05, 4.69) is 10.6 Å². The summed E-state index contributed by atoms with van der Waals surface area (Å²) in [6.45, 7) is 2.24. The summed E-state index contributed by atoms with van der Waals surface area (Å²) in [6, 6.07) is 15.3. The molecule has 7 heteroatoms. The number of hydrogen-bond donors (Lipinski definition) is 2. The number of anilines is 1. The van der Waals surface area contributed by atoms with Crippen molar-refractivity contribution in [1.82, 2.24) is 14.7 Å². The summed E-state index contributed by atoms with van der Waals surface area (Å²) in [5.41, 5.74) is 2.23. The number of rotatable bonds is 6. The molecule has 1 heterocycles. The van der Waals surface area contributed by atoms with Gasteiger partial charge in [-0.15, -0.1) is 0 Å². The highest BCUT2D eigenvalue weighted by atomic mass is 19.1. The highest BCUT2D eigenvalue weighted by molar-refractivity contribution is 5.92. The molecule has 27 heavy (non-hydrogen) atoms. The smallest absolute Gasteiger partial charge is 0.295 e. The topological polar surface area (TPSA) is 68.1 Å². The summed E-state index contributed by atoms with van der Waals surface area (Å²) >= 11 is 0. The van der Waals surface area contributed by atoms with Gasteiger partial charge in [0.05, 0.1) is 17.9 Å². The van der Waals surface area contributed by atoms with Crippen LogP contribution in [0.25, 0.3) is 5.69 Å². The quantitative estimate of drug-likeness (QED) is 0.702. The Morgan fingerprint density at radius 3 is 2.41 bits per heavy atom. The van der Waals surface area contributed by atoms with E-state index in [1.165, 1.54) is 16.8 Å². The van der Waals surface area contributed by atoms with Gasteiger partial charge in [-0.05, 0) is 36.8 Å². The first-order valence-electron chi connectivity index (χ1n) is 8.56. The third-order valence-electron chi connectivity index (χ3n) is 4.35. The molecule has 1 amide bonds. The van der Waals surface area contributed by atoms with Gasteiger partial charge in [0.25, 0.3) is 5.56 Å². The molecule has 0 aliphatic carbocycles. The molecule has 0 saturated carbocycles. The third-order valence-corrected chi connectivity index (χ3v) is 4.35. The average molecular weight is 368 g/mol. The number of amides is 1. The second-order valence-corrected chi connectivity index (χ2v) is 6.21. The molecule has 0 fully saturated rings. The predicted octanol–water partition coefficient (Wildman–Crippen LogP) is 2.35. The van der Waals surface area contributed by atoms with Crippen LogP contribution in [0.5, 0.6) is 0 Å². The molecule has 1 aromatic heterocycles. The lowest BCUT2D eigenvalue weighted by Gasteiger charge is -2.07. The van der Waals surface area contributed by atoms with Gasteiger partial charge in [-0.1, -0.05) is 30.3 Å². The lowest BCUT2D eigenvalue weighted by atomic mass is 10.2. The van der Waals surface area contributed by atoms with E-state index in [4.69, 9.17) is 0 Å². The minimum Gasteiger partial charge on any atom is -0.319 e. The maximum atomic E-state index is 12.9. The molecule has 2 N–H and O–H groups in total. The molecule has 0 saturated heterocycles. The van der Waals surface area contributed by atoms with Crippen molar-refractivity contribution in [2.24, 2.45) is 7.05 Å². The van der Waals surface area contributed by atoms with E-state index in [9.17, 15) is 14.0 Å². The van der Waals surface area contributed by atoms with E-state index in [1.54, 1.807) is 30.8 Å². The molecular weight excluding hydrogens is 347 g/mol. The number of halogens is 1. The summed E-state index contributed by atoms with van der Waals surface area (Å²) in [5, 5.41) is 5.67. The van der Waals surface area contributed by atoms with Gasteiger partial charge < -0.3 is 10.6 Å². The number of aromatic nitrogens is 2. The molecule has 3 rings (SSSR count). The zero-order valence-electron chi connectivity index (χ0n) is 15.2. The van der Waals surface area contributed by atoms with Gasteiger partial charge in [0.2, 0.25) is 5.91 Å². The lowest BCUT2D eigenvalue weighted by molar-refractivity contribution is -0.115. The number of carbonyl (C=O) groups is 1. The molecule has 0 unspecified atom stereocenters. The van der Waals surface area contributed by atoms with Gasteiger partial charge in [0.1, 0.15) is 11.5 Å². The van der Waals surface area contributed by atoms with Crippen molar-refractivity contribution in [2.75, 3.05) is 11.9 Å². The molecular formula is C20H21FN4O2. The van der Waals surface area contributed by atoms with Gasteiger partial charge in [-0.25, -0.2) is 9.07 Å². The van der Waals surface area contributed by atoms with Crippen LogP contribution in [0, 0.1) is 12.7 Å². The average Bonchev–Trinajstić information content (AvgIpc) is 2.87. The molecule has 0 aliphatic heterocycles. The first-order valence-corrected chi connectivity index (χ1v) is 8.56. The van der Waals surface area contributed by atoms with Crippen LogP contribution in [0.2, 0.25) is 0 Å². The molecule has 3 aromatic rings. The van der Waals surface area contributed by atoms with Crippen LogP contribution in [0.3, 0.4) is 0 Å². The van der Waals surface area contributed by atoms with E-state index < -0.39 is 0 Å². The van der Waals surface area contributed by atoms with E-state index in [-0.39, 0.29) is 29.5 Å². The lowest BCUT2D eigenvalue weighted by Crippen LogP contribution is -2.30. The number of carbonyl (C=O) groups excluding carboxylic acids is 1. The molecule has 0 radical (unpaired) electrons. The maximum Gasteiger partial charge on any atom is 0.295 e. The number of nitrogens with zero attached hydrogens (tertiary/aromatic N) is 2. The SMILES string of the molecule is Cc1c(NC(=O)CNCc2ccc(F)cc2)c(=O)n(-c2ccccc2)n1C. The largest absolute Gasteiger partial charge is 0.319 e. The minimum atomic E-state index is -0.317. The Hall–Kier alpha value is -3.19. The van der Waals surface area contributed by atoms with Gasteiger partial charge in [0, 0.05) is 13.6 Å². The molecule has 0 aliphatic rings. The first kappa shape index (κ1) is 18.6. The Morgan fingerprint density at radius 2 is 1.74 bits per heavy atom. The Kier molecular flexibility index (Phi) is 5.52. The Morgan fingerprint density at radius 1 is 1.07 bits per heavy atom. The Balaban J connectivity index is 1.67. The van der Waals surface area contributed by atoms with E-state index in [0.29, 0.717) is 12.2 Å². The Bertz CT molecular complexity index is 991. The second-order valence-electron chi connectivity index (χ2n) is 6.21. The second kappa shape index (κ2) is 8.01. The molecule has 6 nitrogen and oxygen atoms in total. The summed E-state index contributed by atoms with van der Waals surface area (Å²) in [5.74, 6) is -0.617. The monoisotopic (exact) mass is 368 g/mol. The van der Waals surface area contributed by atoms with Crippen molar-refractivity contribution in [3.63, 3.8) is 0 Å². The van der Waals surface area contributed by atoms with Crippen molar-refractivity contribution < 1.29 is 9.18 Å². The first-order chi connectivity index (χ1) is 13.0. The van der Waals surface area contributed by atoms with Crippen LogP contribution in [0.15, 0.2) is 59.4 Å². The summed E-state index contributed by atoms with van der Waals surface area (Å²) in [7, 11) is 1.77. The van der Waals surface area contributed by atoms with E-state index in [0.717, 1.165) is 11.3 Å². The highest BCUT2D eigenvalue weighted by Gasteiger charge is 2.17. The standard InChI is InChI=1S/C20H21FN4O2/c1-14-19(20(27)25(24(14)2)17-6-4-3-5-7-17)23-18(26)13-22-12-15-8-10-16(21)11-9-15/h3-11,22H,12-13H2,1-2H3,(H,23,26). The molecule has 0 atom stereocenters. The Labute approximate surface area is 156 Å². The molecule has 2 aromatic carbocycles. The number of benzene rings is 2. The zero-order chi connectivity index (χ0) is 19.4. The fourth-order valence-corrected chi connectivity index (χ4v) is 2.82. The van der Waals surface area contributed by atoms with Crippen molar-refractivity contribution >= 4 is 11.6 Å². The van der Waals surface area contributed by atoms with Crippen LogP contribution in [0.1, 0.15) is 11.3 Å². The predicted molar refractivity (Wildman–Crippen MR) is 102 cm³/mol. The van der Waals surface area contributed by atoms with Crippen molar-refractivity contribution in [2.45, 2.75) is 13.5 Å². The number of para-hydroxylation sites is 1. The van der Waals surface area contributed by atoms with Gasteiger partial charge in [0.15, 0.2) is 0 Å². The maximum absolute atomic E-state index is 12.9. The van der Waals surface area contributed by atoms with Crippen LogP contribution in [-0.4, -0.2) is 21.8 Å². The van der Waals surface area contributed by atoms with Crippen molar-refractivity contribution in [3.05, 3.63) is 82.0 Å². The summed E-state index contributed by atoms with van der Waals surface area (Å²) in [4.78, 5) is 25.0. The third kappa shape index (κ3) is 4.15. The van der Waals surface area contributed by atoms with E-state index >= 15 is 0 Å². The van der Waals surface area contributed by atoms with Gasteiger partial charge in [-0.3, -0.25) is 14.3 Å². The number of nitrogens with one attached hydrogen (secondary N) is 2. The zero-order valence-corrected chi connectivity index (χ0v) is 15.2. The van der Waals surface area contributed by atoms with Gasteiger partial charge in [-0.2, -0.15) is 0 Å². The van der Waals surface area contributed by atoms with Crippen molar-refractivity contribution in [3.8, 4) is 5.69 Å². The van der Waals surface area contributed by atoms with Crippen LogP contribution >= 0.6 is 0 Å². The fourth-order valence-electron chi connectivity index (χ4n) is 2.82. The van der Waals surface area contributed by atoms with Crippen LogP contribution in [0.4, 0.5) is 10.1 Å².